The van der Waals surface area contributed by atoms with Crippen LogP contribution in [0.15, 0.2) is 48.5 Å². The lowest BCUT2D eigenvalue weighted by Gasteiger charge is -2.56. The van der Waals surface area contributed by atoms with Crippen molar-refractivity contribution < 1.29 is 31.5 Å². The van der Waals surface area contributed by atoms with Gasteiger partial charge in [-0.15, -0.1) is 0 Å². The number of nitrogen functional groups attached to an aromatic ring is 1. The van der Waals surface area contributed by atoms with Crippen LogP contribution >= 0.6 is 11.6 Å². The summed E-state index contributed by atoms with van der Waals surface area (Å²) in [6.07, 6.45) is -1.86. The minimum atomic E-state index is -4.86. The van der Waals surface area contributed by atoms with Gasteiger partial charge in [-0.25, -0.2) is 8.78 Å². The third-order valence-electron chi connectivity index (χ3n) is 7.17. The van der Waals surface area contributed by atoms with E-state index in [1.165, 1.54) is 17.0 Å². The Morgan fingerprint density at radius 2 is 1.66 bits per heavy atom. The highest BCUT2D eigenvalue weighted by molar-refractivity contribution is 6.34. The molecule has 11 heteroatoms. The number of likely N-dealkylation sites (tertiary alicyclic amines) is 1. The van der Waals surface area contributed by atoms with Crippen LogP contribution in [0.2, 0.25) is 5.02 Å². The molecule has 0 aromatic heterocycles. The molecule has 3 N–H and O–H groups in total. The number of amides is 2. The SMILES string of the molecule is Nc1cc(F)ccc1-c1cc(Cl)c(C(=O)Nc2ccc(C(=O)N3CC4(CCC4)C3)c(C(F)(F)F)c2)cc1F. The fourth-order valence-corrected chi connectivity index (χ4v) is 5.27. The number of rotatable bonds is 4. The first-order chi connectivity index (χ1) is 17.9. The molecule has 2 amide bonds. The van der Waals surface area contributed by atoms with E-state index in [0.717, 1.165) is 49.6 Å². The summed E-state index contributed by atoms with van der Waals surface area (Å²) in [5.41, 5.74) is 3.55. The van der Waals surface area contributed by atoms with E-state index in [0.29, 0.717) is 19.2 Å². The highest BCUT2D eigenvalue weighted by atomic mass is 35.5. The van der Waals surface area contributed by atoms with Crippen molar-refractivity contribution in [1.29, 1.82) is 0 Å². The third-order valence-corrected chi connectivity index (χ3v) is 7.49. The Morgan fingerprint density at radius 1 is 0.947 bits per heavy atom. The van der Waals surface area contributed by atoms with Gasteiger partial charge in [-0.2, -0.15) is 13.2 Å². The minimum absolute atomic E-state index is 0.0485. The van der Waals surface area contributed by atoms with E-state index < -0.39 is 40.8 Å². The Labute approximate surface area is 219 Å². The van der Waals surface area contributed by atoms with Gasteiger partial charge in [-0.3, -0.25) is 9.59 Å². The number of hydrogen-bond donors (Lipinski definition) is 2. The molecule has 2 aliphatic rings. The number of hydrogen-bond acceptors (Lipinski definition) is 3. The van der Waals surface area contributed by atoms with Crippen LogP contribution in [0.1, 0.15) is 45.5 Å². The third kappa shape index (κ3) is 4.69. The first-order valence-corrected chi connectivity index (χ1v) is 12.1. The van der Waals surface area contributed by atoms with Crippen LogP contribution in [-0.4, -0.2) is 29.8 Å². The molecule has 0 bridgehead atoms. The van der Waals surface area contributed by atoms with Crippen LogP contribution in [0, 0.1) is 17.0 Å². The standard InChI is InChI=1S/C27H21ClF5N3O2/c28-21-10-18(16-4-2-14(29)8-23(16)34)22(30)11-19(21)24(37)35-15-3-5-17(20(9-15)27(31,32)33)25(38)36-12-26(13-36)6-1-7-26/h2-5,8-11H,1,6-7,12-13,34H2,(H,35,37). The van der Waals surface area contributed by atoms with Crippen molar-refractivity contribution in [3.8, 4) is 11.1 Å². The quantitative estimate of drug-likeness (QED) is 0.279. The molecule has 1 aliphatic heterocycles. The summed E-state index contributed by atoms with van der Waals surface area (Å²) in [7, 11) is 0. The van der Waals surface area contributed by atoms with Gasteiger partial charge in [0.1, 0.15) is 11.6 Å². The molecule has 38 heavy (non-hydrogen) atoms. The van der Waals surface area contributed by atoms with E-state index >= 15 is 0 Å². The minimum Gasteiger partial charge on any atom is -0.398 e. The van der Waals surface area contributed by atoms with Crippen molar-refractivity contribution in [2.45, 2.75) is 25.4 Å². The average Bonchev–Trinajstić information content (AvgIpc) is 2.78. The maximum Gasteiger partial charge on any atom is 0.417 e. The average molecular weight is 550 g/mol. The van der Waals surface area contributed by atoms with Crippen LogP contribution in [0.4, 0.5) is 33.3 Å². The van der Waals surface area contributed by atoms with Crippen LogP contribution in [-0.2, 0) is 6.18 Å². The molecule has 5 nitrogen and oxygen atoms in total. The van der Waals surface area contributed by atoms with Crippen molar-refractivity contribution >= 4 is 34.8 Å². The van der Waals surface area contributed by atoms with Gasteiger partial charge in [0.2, 0.25) is 0 Å². The van der Waals surface area contributed by atoms with Crippen LogP contribution in [0.25, 0.3) is 11.1 Å². The molecule has 0 atom stereocenters. The van der Waals surface area contributed by atoms with Crippen molar-refractivity contribution in [3.63, 3.8) is 0 Å². The fraction of sp³-hybridized carbons (Fsp3) is 0.259. The Morgan fingerprint density at radius 3 is 2.26 bits per heavy atom. The molecule has 2 fully saturated rings. The maximum atomic E-state index is 14.9. The molecule has 3 aromatic carbocycles. The molecular formula is C27H21ClF5N3O2. The van der Waals surface area contributed by atoms with Crippen LogP contribution in [0.5, 0.6) is 0 Å². The lowest BCUT2D eigenvalue weighted by molar-refractivity contribution is -0.138. The van der Waals surface area contributed by atoms with E-state index in [9.17, 15) is 31.5 Å². The summed E-state index contributed by atoms with van der Waals surface area (Å²) in [6.45, 7) is 0.872. The Balaban J connectivity index is 1.39. The molecule has 0 unspecified atom stereocenters. The smallest absolute Gasteiger partial charge is 0.398 e. The molecule has 1 aliphatic carbocycles. The number of carbonyl (C=O) groups excluding carboxylic acids is 2. The van der Waals surface area contributed by atoms with Gasteiger partial charge < -0.3 is 16.0 Å². The second-order valence-corrected chi connectivity index (χ2v) is 10.2. The van der Waals surface area contributed by atoms with Gasteiger partial charge in [0.15, 0.2) is 0 Å². The van der Waals surface area contributed by atoms with Gasteiger partial charge in [-0.1, -0.05) is 18.0 Å². The second-order valence-electron chi connectivity index (χ2n) is 9.77. The van der Waals surface area contributed by atoms with Crippen molar-refractivity contribution in [3.05, 3.63) is 81.9 Å². The molecule has 1 heterocycles. The molecule has 1 spiro atoms. The monoisotopic (exact) mass is 549 g/mol. The number of carbonyl (C=O) groups is 2. The lowest BCUT2D eigenvalue weighted by atomic mass is 9.63. The summed E-state index contributed by atoms with van der Waals surface area (Å²) < 4.78 is 69.8. The molecule has 0 radical (unpaired) electrons. The van der Waals surface area contributed by atoms with Crippen molar-refractivity contribution in [2.75, 3.05) is 24.1 Å². The molecule has 3 aromatic rings. The number of nitrogens with one attached hydrogen (secondary N) is 1. The normalized spacial score (nSPS) is 16.1. The molecule has 198 valence electrons. The largest absolute Gasteiger partial charge is 0.417 e. The van der Waals surface area contributed by atoms with Crippen molar-refractivity contribution in [2.24, 2.45) is 5.41 Å². The van der Waals surface area contributed by atoms with E-state index in [-0.39, 0.29) is 38.5 Å². The first-order valence-electron chi connectivity index (χ1n) is 11.7. The highest BCUT2D eigenvalue weighted by Crippen LogP contribution is 2.49. The zero-order valence-corrected chi connectivity index (χ0v) is 20.5. The van der Waals surface area contributed by atoms with Gasteiger partial charge in [0.05, 0.1) is 21.7 Å². The molecule has 1 saturated heterocycles. The molecule has 5 rings (SSSR count). The predicted octanol–water partition coefficient (Wildman–Crippen LogP) is 6.76. The number of anilines is 2. The zero-order valence-electron chi connectivity index (χ0n) is 19.8. The predicted molar refractivity (Wildman–Crippen MR) is 133 cm³/mol. The van der Waals surface area contributed by atoms with E-state index in [1.807, 2.05) is 0 Å². The summed E-state index contributed by atoms with van der Waals surface area (Å²) in [5.74, 6) is -3.19. The van der Waals surface area contributed by atoms with E-state index in [4.69, 9.17) is 17.3 Å². The van der Waals surface area contributed by atoms with Gasteiger partial charge in [-0.05, 0) is 61.4 Å². The topological polar surface area (TPSA) is 75.4 Å². The summed E-state index contributed by atoms with van der Waals surface area (Å²) in [5, 5.41) is 2.08. The number of benzene rings is 3. The Kier molecular flexibility index (Phi) is 6.33. The Hall–Kier alpha value is -3.66. The number of nitrogens with zero attached hydrogens (tertiary/aromatic N) is 1. The Bertz CT molecular complexity index is 1460. The zero-order chi connectivity index (χ0) is 27.4. The second kappa shape index (κ2) is 9.27. The highest BCUT2D eigenvalue weighted by Gasteiger charge is 2.50. The van der Waals surface area contributed by atoms with E-state index in [2.05, 4.69) is 5.32 Å². The van der Waals surface area contributed by atoms with Crippen LogP contribution in [0.3, 0.4) is 0 Å². The summed E-state index contributed by atoms with van der Waals surface area (Å²) in [4.78, 5) is 27.0. The van der Waals surface area contributed by atoms with Gasteiger partial charge in [0, 0.05) is 41.0 Å². The van der Waals surface area contributed by atoms with Gasteiger partial charge >= 0.3 is 6.18 Å². The molecule has 1 saturated carbocycles. The maximum absolute atomic E-state index is 14.9. The first kappa shape index (κ1) is 26.0. The summed E-state index contributed by atoms with van der Waals surface area (Å²) in [6, 6.07) is 8.16. The summed E-state index contributed by atoms with van der Waals surface area (Å²) >= 11 is 6.19. The number of nitrogens with two attached hydrogens (primary N) is 1. The van der Waals surface area contributed by atoms with Crippen LogP contribution < -0.4 is 11.1 Å². The fourth-order valence-electron chi connectivity index (χ4n) is 5.02. The number of alkyl halides is 3. The van der Waals surface area contributed by atoms with Gasteiger partial charge in [0.25, 0.3) is 11.8 Å². The van der Waals surface area contributed by atoms with E-state index in [1.54, 1.807) is 0 Å². The molecular weight excluding hydrogens is 529 g/mol. The number of halogens is 6. The van der Waals surface area contributed by atoms with Crippen molar-refractivity contribution in [1.82, 2.24) is 4.90 Å². The lowest BCUT2D eigenvalue weighted by Crippen LogP contribution is -2.61.